The number of aryl methyl sites for hydroxylation is 1. The Morgan fingerprint density at radius 1 is 1.03 bits per heavy atom. The molecule has 2 N–H and O–H groups in total. The summed E-state index contributed by atoms with van der Waals surface area (Å²) >= 11 is 5.97. The van der Waals surface area contributed by atoms with E-state index in [9.17, 15) is 19.5 Å². The summed E-state index contributed by atoms with van der Waals surface area (Å²) in [5, 5.41) is 20.3. The third kappa shape index (κ3) is 4.32. The van der Waals surface area contributed by atoms with Gasteiger partial charge in [-0.15, -0.1) is 0 Å². The highest BCUT2D eigenvalue weighted by molar-refractivity contribution is 6.46. The standard InChI is InChI=1S/C22H20ClNO5/c1-13-4-6-15(7-5-13)20(27)18-19(14-8-10-16(23)11-9-14)24(22(29)21(18)28)12-2-3-17(25)26/h4-11,19,27H,2-3,12H2,1H3,(H,25,26)/b20-18-. The summed E-state index contributed by atoms with van der Waals surface area (Å²) in [6.45, 7) is 1.98. The van der Waals surface area contributed by atoms with Crippen molar-refractivity contribution in [1.29, 1.82) is 0 Å². The number of aliphatic carboxylic acids is 1. The molecule has 1 heterocycles. The van der Waals surface area contributed by atoms with Gasteiger partial charge in [0.15, 0.2) is 0 Å². The molecule has 1 aliphatic heterocycles. The summed E-state index contributed by atoms with van der Waals surface area (Å²) in [5.74, 6) is -2.80. The molecule has 1 aliphatic rings. The predicted molar refractivity (Wildman–Crippen MR) is 109 cm³/mol. The number of nitrogens with zero attached hydrogens (tertiary/aromatic N) is 1. The van der Waals surface area contributed by atoms with E-state index in [-0.39, 0.29) is 30.7 Å². The smallest absolute Gasteiger partial charge is 0.303 e. The normalized spacial score (nSPS) is 18.3. The number of aliphatic hydroxyl groups is 1. The number of carbonyl (C=O) groups is 3. The minimum atomic E-state index is -0.982. The van der Waals surface area contributed by atoms with Gasteiger partial charge in [0.1, 0.15) is 5.76 Å². The molecule has 3 rings (SSSR count). The van der Waals surface area contributed by atoms with Crippen LogP contribution in [0, 0.1) is 6.92 Å². The lowest BCUT2D eigenvalue weighted by Gasteiger charge is -2.25. The monoisotopic (exact) mass is 413 g/mol. The topological polar surface area (TPSA) is 94.9 Å². The number of ketones is 1. The first kappa shape index (κ1) is 20.6. The maximum absolute atomic E-state index is 12.8. The number of carboxylic acid groups (broad SMARTS) is 1. The van der Waals surface area contributed by atoms with Gasteiger partial charge in [-0.05, 0) is 31.0 Å². The van der Waals surface area contributed by atoms with Crippen molar-refractivity contribution >= 4 is 35.0 Å². The molecule has 0 saturated carbocycles. The SMILES string of the molecule is Cc1ccc(/C(O)=C2/C(=O)C(=O)N(CCCC(=O)O)C2c2ccc(Cl)cc2)cc1. The van der Waals surface area contributed by atoms with Crippen LogP contribution in [0.5, 0.6) is 0 Å². The molecule has 150 valence electrons. The van der Waals surface area contributed by atoms with Gasteiger partial charge < -0.3 is 15.1 Å². The van der Waals surface area contributed by atoms with Gasteiger partial charge >= 0.3 is 5.97 Å². The first-order valence-corrected chi connectivity index (χ1v) is 9.50. The lowest BCUT2D eigenvalue weighted by atomic mass is 9.95. The number of halogens is 1. The van der Waals surface area contributed by atoms with Gasteiger partial charge in [-0.2, -0.15) is 0 Å². The van der Waals surface area contributed by atoms with Gasteiger partial charge in [0.2, 0.25) is 0 Å². The Kier molecular flexibility index (Phi) is 6.03. The zero-order valence-electron chi connectivity index (χ0n) is 15.8. The Balaban J connectivity index is 2.08. The predicted octanol–water partition coefficient (Wildman–Crippen LogP) is 3.93. The molecule has 1 unspecified atom stereocenters. The fourth-order valence-corrected chi connectivity index (χ4v) is 3.50. The molecule has 1 atom stereocenters. The van der Waals surface area contributed by atoms with E-state index in [1.54, 1.807) is 48.5 Å². The molecule has 1 amide bonds. The lowest BCUT2D eigenvalue weighted by molar-refractivity contribution is -0.140. The molecular weight excluding hydrogens is 394 g/mol. The van der Waals surface area contributed by atoms with Crippen LogP contribution >= 0.6 is 11.6 Å². The number of carbonyl (C=O) groups excluding carboxylic acids is 2. The molecule has 0 aliphatic carbocycles. The summed E-state index contributed by atoms with van der Waals surface area (Å²) in [7, 11) is 0. The first-order chi connectivity index (χ1) is 13.8. The van der Waals surface area contributed by atoms with Crippen molar-refractivity contribution in [3.05, 3.63) is 75.8 Å². The van der Waals surface area contributed by atoms with E-state index in [2.05, 4.69) is 0 Å². The number of amides is 1. The van der Waals surface area contributed by atoms with Gasteiger partial charge in [0.05, 0.1) is 11.6 Å². The number of Topliss-reactive ketones (excluding diaryl/α,β-unsaturated/α-hetero) is 1. The van der Waals surface area contributed by atoms with Crippen molar-refractivity contribution in [2.45, 2.75) is 25.8 Å². The van der Waals surface area contributed by atoms with Gasteiger partial charge in [0.25, 0.3) is 11.7 Å². The lowest BCUT2D eigenvalue weighted by Crippen LogP contribution is -2.31. The van der Waals surface area contributed by atoms with Crippen LogP contribution in [0.2, 0.25) is 5.02 Å². The molecule has 2 aromatic rings. The van der Waals surface area contributed by atoms with E-state index in [1.165, 1.54) is 4.90 Å². The maximum atomic E-state index is 12.8. The molecule has 2 aromatic carbocycles. The summed E-state index contributed by atoms with van der Waals surface area (Å²) in [5.41, 5.74) is 2.01. The van der Waals surface area contributed by atoms with Gasteiger partial charge in [-0.1, -0.05) is 53.6 Å². The summed E-state index contributed by atoms with van der Waals surface area (Å²) in [6.07, 6.45) is 0.0608. The van der Waals surface area contributed by atoms with Crippen LogP contribution in [0.1, 0.15) is 35.6 Å². The van der Waals surface area contributed by atoms with Crippen LogP contribution in [-0.2, 0) is 14.4 Å². The number of carboxylic acids is 1. The van der Waals surface area contributed by atoms with Crippen LogP contribution in [0.15, 0.2) is 54.1 Å². The molecule has 1 fully saturated rings. The Morgan fingerprint density at radius 2 is 1.66 bits per heavy atom. The van der Waals surface area contributed by atoms with E-state index in [1.807, 2.05) is 6.92 Å². The van der Waals surface area contributed by atoms with Crippen molar-refractivity contribution in [3.8, 4) is 0 Å². The second-order valence-electron chi connectivity index (χ2n) is 6.91. The third-order valence-electron chi connectivity index (χ3n) is 4.84. The van der Waals surface area contributed by atoms with Crippen molar-refractivity contribution < 1.29 is 24.6 Å². The third-order valence-corrected chi connectivity index (χ3v) is 5.09. The van der Waals surface area contributed by atoms with E-state index >= 15 is 0 Å². The number of aliphatic hydroxyl groups excluding tert-OH is 1. The van der Waals surface area contributed by atoms with Gasteiger partial charge in [-0.3, -0.25) is 14.4 Å². The van der Waals surface area contributed by atoms with Gasteiger partial charge in [0, 0.05) is 23.6 Å². The van der Waals surface area contributed by atoms with E-state index in [0.29, 0.717) is 16.1 Å². The van der Waals surface area contributed by atoms with Crippen LogP contribution in [0.3, 0.4) is 0 Å². The molecule has 7 heteroatoms. The van der Waals surface area contributed by atoms with Crippen LogP contribution in [0.4, 0.5) is 0 Å². The maximum Gasteiger partial charge on any atom is 0.303 e. The molecule has 29 heavy (non-hydrogen) atoms. The second kappa shape index (κ2) is 8.49. The molecule has 0 radical (unpaired) electrons. The molecule has 0 spiro atoms. The zero-order chi connectivity index (χ0) is 21.1. The minimum Gasteiger partial charge on any atom is -0.507 e. The highest BCUT2D eigenvalue weighted by atomic mass is 35.5. The zero-order valence-corrected chi connectivity index (χ0v) is 16.5. The van der Waals surface area contributed by atoms with Crippen molar-refractivity contribution in [2.24, 2.45) is 0 Å². The fourth-order valence-electron chi connectivity index (χ4n) is 3.37. The number of rotatable bonds is 6. The first-order valence-electron chi connectivity index (χ1n) is 9.12. The van der Waals surface area contributed by atoms with Crippen molar-refractivity contribution in [1.82, 2.24) is 4.90 Å². The Morgan fingerprint density at radius 3 is 2.24 bits per heavy atom. The summed E-state index contributed by atoms with van der Waals surface area (Å²) in [6, 6.07) is 12.8. The molecule has 6 nitrogen and oxygen atoms in total. The van der Waals surface area contributed by atoms with Crippen LogP contribution in [-0.4, -0.2) is 39.3 Å². The average Bonchev–Trinajstić information content (AvgIpc) is 2.93. The van der Waals surface area contributed by atoms with Crippen LogP contribution < -0.4 is 0 Å². The second-order valence-corrected chi connectivity index (χ2v) is 7.34. The number of likely N-dealkylation sites (tertiary alicyclic amines) is 1. The van der Waals surface area contributed by atoms with Crippen molar-refractivity contribution in [2.75, 3.05) is 6.54 Å². The summed E-state index contributed by atoms with van der Waals surface area (Å²) in [4.78, 5) is 37.7. The highest BCUT2D eigenvalue weighted by Crippen LogP contribution is 2.39. The number of hydrogen-bond acceptors (Lipinski definition) is 4. The van der Waals surface area contributed by atoms with E-state index < -0.39 is 23.7 Å². The molecule has 0 bridgehead atoms. The molecule has 0 aromatic heterocycles. The summed E-state index contributed by atoms with van der Waals surface area (Å²) < 4.78 is 0. The quantitative estimate of drug-likeness (QED) is 0.425. The Bertz CT molecular complexity index is 979. The van der Waals surface area contributed by atoms with E-state index in [0.717, 1.165) is 5.56 Å². The van der Waals surface area contributed by atoms with Gasteiger partial charge in [-0.25, -0.2) is 0 Å². The highest BCUT2D eigenvalue weighted by Gasteiger charge is 2.45. The Labute approximate surface area is 173 Å². The fraction of sp³-hybridized carbons (Fsp3) is 0.227. The largest absolute Gasteiger partial charge is 0.507 e. The Hall–Kier alpha value is -3.12. The minimum absolute atomic E-state index is 0.0171. The molecular formula is C22H20ClNO5. The number of benzene rings is 2. The number of hydrogen-bond donors (Lipinski definition) is 2. The van der Waals surface area contributed by atoms with E-state index in [4.69, 9.17) is 16.7 Å². The van der Waals surface area contributed by atoms with Crippen LogP contribution in [0.25, 0.3) is 5.76 Å². The average molecular weight is 414 g/mol. The molecule has 1 saturated heterocycles. The van der Waals surface area contributed by atoms with Crippen molar-refractivity contribution in [3.63, 3.8) is 0 Å².